The Labute approximate surface area is 174 Å². The molecule has 1 amide bonds. The number of piperazine rings is 1. The largest absolute Gasteiger partial charge is 0.471 e. The molecule has 0 radical (unpaired) electrons. The number of amides is 1. The van der Waals surface area contributed by atoms with Crippen LogP contribution in [0.3, 0.4) is 0 Å². The Morgan fingerprint density at radius 3 is 2.73 bits per heavy atom. The van der Waals surface area contributed by atoms with E-state index >= 15 is 0 Å². The zero-order valence-corrected chi connectivity index (χ0v) is 17.1. The van der Waals surface area contributed by atoms with Gasteiger partial charge in [-0.25, -0.2) is 18.7 Å². The van der Waals surface area contributed by atoms with Crippen LogP contribution in [0, 0.1) is 5.92 Å². The van der Waals surface area contributed by atoms with Crippen molar-refractivity contribution >= 4 is 22.5 Å². The van der Waals surface area contributed by atoms with Crippen LogP contribution in [-0.2, 0) is 4.79 Å². The van der Waals surface area contributed by atoms with Crippen molar-refractivity contribution in [2.75, 3.05) is 57.8 Å². The highest BCUT2D eigenvalue weighted by Gasteiger charge is 2.26. The maximum Gasteiger partial charge on any atom is 0.272 e. The van der Waals surface area contributed by atoms with E-state index in [1.807, 2.05) is 30.1 Å². The first kappa shape index (κ1) is 20.7. The Morgan fingerprint density at radius 2 is 2.00 bits per heavy atom. The van der Waals surface area contributed by atoms with Gasteiger partial charge in [0.05, 0.1) is 10.9 Å². The van der Waals surface area contributed by atoms with Gasteiger partial charge in [0.2, 0.25) is 11.8 Å². The van der Waals surface area contributed by atoms with E-state index in [1.54, 1.807) is 0 Å². The van der Waals surface area contributed by atoms with Gasteiger partial charge in [-0.1, -0.05) is 0 Å². The fourth-order valence-corrected chi connectivity index (χ4v) is 4.28. The van der Waals surface area contributed by atoms with Crippen LogP contribution in [0.2, 0.25) is 0 Å². The molecule has 4 rings (SSSR count). The number of likely N-dealkylation sites (tertiary alicyclic amines) is 1. The van der Waals surface area contributed by atoms with Gasteiger partial charge in [-0.05, 0) is 30.5 Å². The maximum atomic E-state index is 12.5. The highest BCUT2D eigenvalue weighted by Crippen LogP contribution is 2.28. The van der Waals surface area contributed by atoms with Crippen LogP contribution in [0.5, 0.6) is 5.88 Å². The lowest BCUT2D eigenvalue weighted by atomic mass is 9.97. The number of carbonyl (C=O) groups excluding carboxylic acids is 1. The lowest BCUT2D eigenvalue weighted by Crippen LogP contribution is -2.49. The SMILES string of the molecule is CN1CC(CN2CCN(c3ccc4ncnc(OCC(F)F)c4c3)CC2)CCC1=O. The van der Waals surface area contributed by atoms with Crippen LogP contribution in [0.4, 0.5) is 14.5 Å². The molecule has 2 aromatic rings. The highest BCUT2D eigenvalue weighted by molar-refractivity contribution is 5.86. The normalized spacial score (nSPS) is 20.9. The molecule has 2 saturated heterocycles. The van der Waals surface area contributed by atoms with Gasteiger partial charge < -0.3 is 14.5 Å². The summed E-state index contributed by atoms with van der Waals surface area (Å²) < 4.78 is 30.3. The van der Waals surface area contributed by atoms with E-state index in [0.29, 0.717) is 23.2 Å². The van der Waals surface area contributed by atoms with Gasteiger partial charge in [-0.15, -0.1) is 0 Å². The number of aromatic nitrogens is 2. The van der Waals surface area contributed by atoms with Crippen LogP contribution < -0.4 is 9.64 Å². The molecule has 2 fully saturated rings. The molecule has 1 aromatic heterocycles. The summed E-state index contributed by atoms with van der Waals surface area (Å²) in [4.78, 5) is 26.5. The lowest BCUT2D eigenvalue weighted by molar-refractivity contribution is -0.133. The first-order valence-corrected chi connectivity index (χ1v) is 10.4. The van der Waals surface area contributed by atoms with E-state index in [1.165, 1.54) is 6.33 Å². The first-order valence-electron chi connectivity index (χ1n) is 10.4. The second-order valence-electron chi connectivity index (χ2n) is 8.05. The zero-order valence-electron chi connectivity index (χ0n) is 17.1. The van der Waals surface area contributed by atoms with Crippen molar-refractivity contribution in [3.8, 4) is 5.88 Å². The summed E-state index contributed by atoms with van der Waals surface area (Å²) in [7, 11) is 1.88. The number of anilines is 1. The number of rotatable bonds is 6. The second-order valence-corrected chi connectivity index (χ2v) is 8.05. The van der Waals surface area contributed by atoms with E-state index in [-0.39, 0.29) is 11.8 Å². The van der Waals surface area contributed by atoms with Crippen LogP contribution in [0.1, 0.15) is 12.8 Å². The van der Waals surface area contributed by atoms with E-state index in [0.717, 1.165) is 51.4 Å². The monoisotopic (exact) mass is 419 g/mol. The molecule has 0 saturated carbocycles. The van der Waals surface area contributed by atoms with E-state index < -0.39 is 13.0 Å². The van der Waals surface area contributed by atoms with E-state index in [4.69, 9.17) is 4.74 Å². The zero-order chi connectivity index (χ0) is 21.1. The molecule has 30 heavy (non-hydrogen) atoms. The van der Waals surface area contributed by atoms with Crippen LogP contribution in [-0.4, -0.2) is 85.0 Å². The third-order valence-electron chi connectivity index (χ3n) is 5.91. The van der Waals surface area contributed by atoms with Crippen molar-refractivity contribution in [3.63, 3.8) is 0 Å². The van der Waals surface area contributed by atoms with Crippen molar-refractivity contribution in [1.82, 2.24) is 19.8 Å². The molecular formula is C21H27F2N5O2. The predicted octanol–water partition coefficient (Wildman–Crippen LogP) is 2.26. The molecule has 3 heterocycles. The van der Waals surface area contributed by atoms with Gasteiger partial charge in [0.1, 0.15) is 6.33 Å². The van der Waals surface area contributed by atoms with Crippen molar-refractivity contribution in [2.24, 2.45) is 5.92 Å². The number of halogens is 2. The van der Waals surface area contributed by atoms with Crippen molar-refractivity contribution in [1.29, 1.82) is 0 Å². The molecule has 2 aliphatic heterocycles. The van der Waals surface area contributed by atoms with Crippen LogP contribution in [0.15, 0.2) is 24.5 Å². The quantitative estimate of drug-likeness (QED) is 0.716. The van der Waals surface area contributed by atoms with Crippen LogP contribution >= 0.6 is 0 Å². The van der Waals surface area contributed by atoms with Gasteiger partial charge in [0, 0.05) is 58.4 Å². The molecule has 9 heteroatoms. The Kier molecular flexibility index (Phi) is 6.26. The molecular weight excluding hydrogens is 392 g/mol. The topological polar surface area (TPSA) is 61.8 Å². The number of ether oxygens (including phenoxy) is 1. The smallest absolute Gasteiger partial charge is 0.272 e. The summed E-state index contributed by atoms with van der Waals surface area (Å²) >= 11 is 0. The molecule has 1 aromatic carbocycles. The lowest BCUT2D eigenvalue weighted by Gasteiger charge is -2.39. The number of benzene rings is 1. The van der Waals surface area contributed by atoms with Gasteiger partial charge in [0.15, 0.2) is 6.61 Å². The Morgan fingerprint density at radius 1 is 1.20 bits per heavy atom. The van der Waals surface area contributed by atoms with Crippen LogP contribution in [0.25, 0.3) is 10.9 Å². The first-order chi connectivity index (χ1) is 14.5. The standard InChI is InChI=1S/C21H27F2N5O2/c1-26-11-15(2-5-20(26)29)12-27-6-8-28(9-7-27)16-3-4-18-17(10-16)21(25-14-24-18)30-13-19(22)23/h3-4,10,14-15,19H,2,5-9,11-13H2,1H3. The summed E-state index contributed by atoms with van der Waals surface area (Å²) in [5.74, 6) is 0.969. The number of carbonyl (C=O) groups is 1. The van der Waals surface area contributed by atoms with Gasteiger partial charge in [-0.3, -0.25) is 9.69 Å². The van der Waals surface area contributed by atoms with E-state index in [2.05, 4.69) is 19.8 Å². The number of fused-ring (bicyclic) bond motifs is 1. The molecule has 0 aliphatic carbocycles. The Balaban J connectivity index is 1.38. The fourth-order valence-electron chi connectivity index (χ4n) is 4.28. The van der Waals surface area contributed by atoms with Crippen molar-refractivity contribution < 1.29 is 18.3 Å². The van der Waals surface area contributed by atoms with Gasteiger partial charge in [-0.2, -0.15) is 0 Å². The summed E-state index contributed by atoms with van der Waals surface area (Å²) in [6.45, 7) is 4.84. The molecule has 0 N–H and O–H groups in total. The molecule has 0 spiro atoms. The molecule has 1 atom stereocenters. The predicted molar refractivity (Wildman–Crippen MR) is 110 cm³/mol. The van der Waals surface area contributed by atoms with Crippen molar-refractivity contribution in [3.05, 3.63) is 24.5 Å². The number of hydrogen-bond donors (Lipinski definition) is 0. The highest BCUT2D eigenvalue weighted by atomic mass is 19.3. The Bertz CT molecular complexity index is 889. The molecule has 7 nitrogen and oxygen atoms in total. The van der Waals surface area contributed by atoms with Crippen molar-refractivity contribution in [2.45, 2.75) is 19.3 Å². The third kappa shape index (κ3) is 4.77. The van der Waals surface area contributed by atoms with Gasteiger partial charge >= 0.3 is 0 Å². The minimum atomic E-state index is -2.55. The van der Waals surface area contributed by atoms with E-state index in [9.17, 15) is 13.6 Å². The summed E-state index contributed by atoms with van der Waals surface area (Å²) in [5, 5.41) is 0.646. The number of alkyl halides is 2. The maximum absolute atomic E-state index is 12.5. The minimum absolute atomic E-state index is 0.191. The molecule has 162 valence electrons. The fraction of sp³-hybridized carbons (Fsp3) is 0.571. The molecule has 1 unspecified atom stereocenters. The number of hydrogen-bond acceptors (Lipinski definition) is 6. The summed E-state index contributed by atoms with van der Waals surface area (Å²) in [5.41, 5.74) is 1.69. The third-order valence-corrected chi connectivity index (χ3v) is 5.91. The number of nitrogens with zero attached hydrogens (tertiary/aromatic N) is 5. The Hall–Kier alpha value is -2.55. The number of piperidine rings is 1. The minimum Gasteiger partial charge on any atom is -0.471 e. The summed E-state index contributed by atoms with van der Waals surface area (Å²) in [6.07, 6.45) is 0.400. The average Bonchev–Trinajstić information content (AvgIpc) is 2.75. The van der Waals surface area contributed by atoms with Gasteiger partial charge in [0.25, 0.3) is 6.43 Å². The average molecular weight is 419 g/mol. The molecule has 0 bridgehead atoms. The second kappa shape index (κ2) is 9.07. The summed E-state index contributed by atoms with van der Waals surface area (Å²) in [6, 6.07) is 5.81. The molecule has 2 aliphatic rings.